The lowest BCUT2D eigenvalue weighted by Gasteiger charge is -2.17. The van der Waals surface area contributed by atoms with Gasteiger partial charge in [0.25, 0.3) is 5.91 Å². The van der Waals surface area contributed by atoms with Crippen LogP contribution in [0.3, 0.4) is 0 Å². The Morgan fingerprint density at radius 3 is 2.49 bits per heavy atom. The molecule has 4 rings (SSSR count). The zero-order chi connectivity index (χ0) is 26.8. The van der Waals surface area contributed by atoms with Gasteiger partial charge in [-0.05, 0) is 50.1 Å². The Labute approximate surface area is 217 Å². The third-order valence-electron chi connectivity index (χ3n) is 6.18. The molecule has 1 amide bonds. The summed E-state index contributed by atoms with van der Waals surface area (Å²) in [7, 11) is 1.56. The first-order chi connectivity index (χ1) is 17.9. The highest BCUT2D eigenvalue weighted by atomic mass is 16.5. The number of methoxy groups -OCH3 is 1. The number of carbonyl (C=O) groups excluding carboxylic acids is 1. The van der Waals surface area contributed by atoms with Gasteiger partial charge >= 0.3 is 0 Å². The smallest absolute Gasteiger partial charge is 0.255 e. The van der Waals surface area contributed by atoms with Crippen molar-refractivity contribution in [3.8, 4) is 5.75 Å². The molecular weight excluding hydrogens is 466 g/mol. The molecule has 1 aromatic heterocycles. The summed E-state index contributed by atoms with van der Waals surface area (Å²) in [6.45, 7) is 3.93. The second-order valence-corrected chi connectivity index (χ2v) is 8.81. The standard InChI is InChI=1S/C26H30N6O2.C2H5N/c1-16-6-5-9-20(23(16)34-2)26(33)29-14-17-10-12-18(13-11-17)22(27)21-24(28)30-15-31-25(21)32-19-7-3-4-8-19;1-2-3/h5-6,9-13,15,19,27H,3-4,7-8,14H2,1-2H3,(H,29,33)(H3,28,30,31,32);2-3H,1H3. The van der Waals surface area contributed by atoms with Crippen molar-refractivity contribution in [2.75, 3.05) is 18.2 Å². The fourth-order valence-corrected chi connectivity index (χ4v) is 4.33. The number of ether oxygens (including phenoxy) is 1. The van der Waals surface area contributed by atoms with E-state index in [4.69, 9.17) is 21.3 Å². The van der Waals surface area contributed by atoms with E-state index in [1.54, 1.807) is 20.1 Å². The first-order valence-corrected chi connectivity index (χ1v) is 12.3. The van der Waals surface area contributed by atoms with Gasteiger partial charge in [-0.1, -0.05) is 49.2 Å². The highest BCUT2D eigenvalue weighted by Gasteiger charge is 2.21. The van der Waals surface area contributed by atoms with Crippen LogP contribution < -0.4 is 21.1 Å². The maximum absolute atomic E-state index is 12.7. The largest absolute Gasteiger partial charge is 0.496 e. The van der Waals surface area contributed by atoms with Gasteiger partial charge in [0.1, 0.15) is 23.7 Å². The minimum absolute atomic E-state index is 0.200. The van der Waals surface area contributed by atoms with Crippen LogP contribution in [0.2, 0.25) is 0 Å². The molecule has 3 aromatic rings. The highest BCUT2D eigenvalue weighted by Crippen LogP contribution is 2.27. The summed E-state index contributed by atoms with van der Waals surface area (Å²) in [4.78, 5) is 21.1. The van der Waals surface area contributed by atoms with Crippen LogP contribution in [0, 0.1) is 17.7 Å². The Bertz CT molecular complexity index is 1240. The molecule has 9 heteroatoms. The predicted molar refractivity (Wildman–Crippen MR) is 148 cm³/mol. The van der Waals surface area contributed by atoms with Crippen LogP contribution >= 0.6 is 0 Å². The Balaban J connectivity index is 0.00000121. The number of aryl methyl sites for hydroxylation is 1. The average molecular weight is 502 g/mol. The van der Waals surface area contributed by atoms with Crippen LogP contribution in [0.4, 0.5) is 11.6 Å². The number of carbonyl (C=O) groups is 1. The van der Waals surface area contributed by atoms with E-state index in [0.29, 0.717) is 40.8 Å². The van der Waals surface area contributed by atoms with Crippen LogP contribution in [-0.4, -0.2) is 41.0 Å². The second-order valence-electron chi connectivity index (χ2n) is 8.81. The molecule has 1 fully saturated rings. The minimum Gasteiger partial charge on any atom is -0.496 e. The van der Waals surface area contributed by atoms with E-state index in [0.717, 1.165) is 24.0 Å². The molecule has 1 saturated carbocycles. The first kappa shape index (κ1) is 27.3. The van der Waals surface area contributed by atoms with Gasteiger partial charge < -0.3 is 26.5 Å². The summed E-state index contributed by atoms with van der Waals surface area (Å²) >= 11 is 0. The number of amides is 1. The SMILES string of the molecule is CC=N.COc1c(C)cccc1C(=O)NCc1ccc(C(=N)c2c(N)ncnc2NC2CCCC2)cc1. The topological polar surface area (TPSA) is 150 Å². The van der Waals surface area contributed by atoms with Crippen molar-refractivity contribution in [3.05, 3.63) is 76.6 Å². The summed E-state index contributed by atoms with van der Waals surface area (Å²) in [6.07, 6.45) is 7.24. The maximum Gasteiger partial charge on any atom is 0.255 e. The third kappa shape index (κ3) is 6.91. The van der Waals surface area contributed by atoms with Crippen LogP contribution in [0.15, 0.2) is 48.8 Å². The van der Waals surface area contributed by atoms with E-state index in [9.17, 15) is 4.79 Å². The zero-order valence-corrected chi connectivity index (χ0v) is 21.6. The molecule has 0 saturated heterocycles. The molecule has 1 heterocycles. The van der Waals surface area contributed by atoms with Gasteiger partial charge in [-0.25, -0.2) is 9.97 Å². The average Bonchev–Trinajstić information content (AvgIpc) is 3.41. The summed E-state index contributed by atoms with van der Waals surface area (Å²) in [6, 6.07) is 13.3. The zero-order valence-electron chi connectivity index (χ0n) is 21.6. The monoisotopic (exact) mass is 501 g/mol. The number of hydrogen-bond donors (Lipinski definition) is 5. The van der Waals surface area contributed by atoms with Gasteiger partial charge in [0.15, 0.2) is 0 Å². The first-order valence-electron chi connectivity index (χ1n) is 12.3. The van der Waals surface area contributed by atoms with Crippen molar-refractivity contribution in [3.63, 3.8) is 0 Å². The molecule has 6 N–H and O–H groups in total. The lowest BCUT2D eigenvalue weighted by Crippen LogP contribution is -2.23. The van der Waals surface area contributed by atoms with Crippen molar-refractivity contribution in [2.24, 2.45) is 0 Å². The number of nitrogens with two attached hydrogens (primary N) is 1. The predicted octanol–water partition coefficient (Wildman–Crippen LogP) is 4.73. The number of nitrogens with zero attached hydrogens (tertiary/aromatic N) is 2. The molecule has 0 bridgehead atoms. The van der Waals surface area contributed by atoms with Crippen LogP contribution in [-0.2, 0) is 6.54 Å². The number of rotatable bonds is 8. The molecule has 2 aromatic carbocycles. The summed E-state index contributed by atoms with van der Waals surface area (Å²) < 4.78 is 5.38. The number of anilines is 2. The molecule has 194 valence electrons. The molecule has 1 aliphatic rings. The van der Waals surface area contributed by atoms with E-state index in [-0.39, 0.29) is 17.4 Å². The second kappa shape index (κ2) is 13.2. The van der Waals surface area contributed by atoms with E-state index >= 15 is 0 Å². The van der Waals surface area contributed by atoms with Crippen molar-refractivity contribution in [1.82, 2.24) is 15.3 Å². The summed E-state index contributed by atoms with van der Waals surface area (Å²) in [5.41, 5.74) is 9.95. The third-order valence-corrected chi connectivity index (χ3v) is 6.18. The fourth-order valence-electron chi connectivity index (χ4n) is 4.33. The Morgan fingerprint density at radius 2 is 1.84 bits per heavy atom. The Morgan fingerprint density at radius 1 is 1.16 bits per heavy atom. The maximum atomic E-state index is 12.7. The van der Waals surface area contributed by atoms with E-state index in [1.807, 2.05) is 43.3 Å². The number of para-hydroxylation sites is 1. The molecule has 0 atom stereocenters. The minimum atomic E-state index is -0.200. The van der Waals surface area contributed by atoms with Gasteiger partial charge in [0, 0.05) is 18.2 Å². The summed E-state index contributed by atoms with van der Waals surface area (Å²) in [5, 5.41) is 21.2. The number of nitrogens with one attached hydrogen (secondary N) is 4. The molecule has 0 aliphatic heterocycles. The van der Waals surface area contributed by atoms with Gasteiger partial charge in [0.2, 0.25) is 0 Å². The summed E-state index contributed by atoms with van der Waals surface area (Å²) in [5.74, 6) is 1.26. The molecule has 1 aliphatic carbocycles. The quantitative estimate of drug-likeness (QED) is 0.282. The van der Waals surface area contributed by atoms with Gasteiger partial charge in [0.05, 0.1) is 23.9 Å². The molecule has 0 spiro atoms. The van der Waals surface area contributed by atoms with Crippen molar-refractivity contribution in [2.45, 2.75) is 52.1 Å². The molecule has 0 radical (unpaired) electrons. The van der Waals surface area contributed by atoms with E-state index in [2.05, 4.69) is 20.6 Å². The molecular formula is C28H35N7O2. The van der Waals surface area contributed by atoms with Crippen LogP contribution in [0.1, 0.15) is 65.2 Å². The van der Waals surface area contributed by atoms with Crippen molar-refractivity contribution in [1.29, 1.82) is 10.8 Å². The Kier molecular flexibility index (Phi) is 9.71. The van der Waals surface area contributed by atoms with Gasteiger partial charge in [-0.2, -0.15) is 0 Å². The number of aromatic nitrogens is 2. The lowest BCUT2D eigenvalue weighted by molar-refractivity contribution is 0.0947. The fraction of sp³-hybridized carbons (Fsp3) is 0.321. The van der Waals surface area contributed by atoms with Gasteiger partial charge in [-0.15, -0.1) is 0 Å². The van der Waals surface area contributed by atoms with E-state index < -0.39 is 0 Å². The van der Waals surface area contributed by atoms with Gasteiger partial charge in [-0.3, -0.25) is 10.2 Å². The molecule has 0 unspecified atom stereocenters. The number of benzene rings is 2. The molecule has 9 nitrogen and oxygen atoms in total. The van der Waals surface area contributed by atoms with E-state index in [1.165, 1.54) is 25.4 Å². The number of nitrogen functional groups attached to an aromatic ring is 1. The number of hydrogen-bond acceptors (Lipinski definition) is 8. The highest BCUT2D eigenvalue weighted by molar-refractivity contribution is 6.16. The van der Waals surface area contributed by atoms with Crippen LogP contribution in [0.5, 0.6) is 5.75 Å². The van der Waals surface area contributed by atoms with Crippen molar-refractivity contribution >= 4 is 29.5 Å². The lowest BCUT2D eigenvalue weighted by atomic mass is 10.0. The molecule has 37 heavy (non-hydrogen) atoms. The van der Waals surface area contributed by atoms with Crippen LogP contribution in [0.25, 0.3) is 0 Å². The normalized spacial score (nSPS) is 12.7. The Hall–Kier alpha value is -4.27. The van der Waals surface area contributed by atoms with Crippen molar-refractivity contribution < 1.29 is 9.53 Å².